The van der Waals surface area contributed by atoms with E-state index in [9.17, 15) is 0 Å². The first-order valence-electron chi connectivity index (χ1n) is 4.72. The van der Waals surface area contributed by atoms with E-state index in [1.165, 1.54) is 5.56 Å². The minimum absolute atomic E-state index is 0.674. The number of fused-ring (bicyclic) bond motifs is 1. The molecule has 1 aromatic heterocycles. The first-order valence-corrected chi connectivity index (χ1v) is 4.72. The number of rotatable bonds is 2. The summed E-state index contributed by atoms with van der Waals surface area (Å²) in [6, 6.07) is 4.15. The third-order valence-electron chi connectivity index (χ3n) is 2.19. The molecule has 1 heterocycles. The van der Waals surface area contributed by atoms with E-state index in [4.69, 9.17) is 4.42 Å². The molecule has 0 saturated carbocycles. The van der Waals surface area contributed by atoms with E-state index in [0.717, 1.165) is 22.6 Å². The van der Waals surface area contributed by atoms with E-state index >= 15 is 0 Å². The smallest absolute Gasteiger partial charge is 0.209 e. The van der Waals surface area contributed by atoms with E-state index in [1.807, 2.05) is 20.0 Å². The van der Waals surface area contributed by atoms with Crippen molar-refractivity contribution < 1.29 is 4.42 Å². The van der Waals surface area contributed by atoms with Crippen LogP contribution in [0, 0.1) is 13.8 Å². The van der Waals surface area contributed by atoms with Crippen LogP contribution >= 0.6 is 0 Å². The molecule has 0 atom stereocenters. The normalized spacial score (nSPS) is 11.1. The first-order chi connectivity index (χ1) is 6.70. The molecule has 14 heavy (non-hydrogen) atoms. The van der Waals surface area contributed by atoms with Gasteiger partial charge in [0.05, 0.1) is 6.54 Å². The van der Waals surface area contributed by atoms with Gasteiger partial charge in [-0.05, 0) is 38.1 Å². The zero-order valence-electron chi connectivity index (χ0n) is 8.72. The summed E-state index contributed by atoms with van der Waals surface area (Å²) in [4.78, 5) is 4.39. The fraction of sp³-hybridized carbons (Fsp3) is 0.364. The van der Waals surface area contributed by atoms with Gasteiger partial charge in [-0.3, -0.25) is 0 Å². The Morgan fingerprint density at radius 3 is 2.86 bits per heavy atom. The maximum Gasteiger partial charge on any atom is 0.209 e. The molecule has 0 fully saturated rings. The number of oxazole rings is 1. The van der Waals surface area contributed by atoms with E-state index in [0.29, 0.717) is 6.54 Å². The summed E-state index contributed by atoms with van der Waals surface area (Å²) >= 11 is 0. The van der Waals surface area contributed by atoms with E-state index in [1.54, 1.807) is 0 Å². The Kier molecular flexibility index (Phi) is 2.25. The molecule has 0 radical (unpaired) electrons. The molecule has 3 nitrogen and oxygen atoms in total. The maximum atomic E-state index is 5.62. The van der Waals surface area contributed by atoms with Crippen LogP contribution in [-0.2, 0) is 6.54 Å². The van der Waals surface area contributed by atoms with Crippen molar-refractivity contribution >= 4 is 11.1 Å². The van der Waals surface area contributed by atoms with Crippen molar-refractivity contribution in [2.75, 3.05) is 7.05 Å². The van der Waals surface area contributed by atoms with Gasteiger partial charge in [-0.15, -0.1) is 0 Å². The molecule has 0 saturated heterocycles. The average molecular weight is 190 g/mol. The van der Waals surface area contributed by atoms with Crippen LogP contribution in [0.15, 0.2) is 16.5 Å². The number of hydrogen-bond acceptors (Lipinski definition) is 3. The predicted octanol–water partition coefficient (Wildman–Crippen LogP) is 2.16. The SMILES string of the molecule is CNCc1nc2cc(C)cc(C)c2o1. The summed E-state index contributed by atoms with van der Waals surface area (Å²) in [5.74, 6) is 0.746. The Bertz CT molecular complexity index is 460. The lowest BCUT2D eigenvalue weighted by molar-refractivity contribution is 0.510. The third-order valence-corrected chi connectivity index (χ3v) is 2.19. The molecule has 2 rings (SSSR count). The van der Waals surface area contributed by atoms with Gasteiger partial charge in [0.15, 0.2) is 5.58 Å². The van der Waals surface area contributed by atoms with Crippen LogP contribution in [0.2, 0.25) is 0 Å². The largest absolute Gasteiger partial charge is 0.439 e. The summed E-state index contributed by atoms with van der Waals surface area (Å²) in [6.07, 6.45) is 0. The van der Waals surface area contributed by atoms with Crippen LogP contribution in [0.3, 0.4) is 0 Å². The molecular weight excluding hydrogens is 176 g/mol. The van der Waals surface area contributed by atoms with E-state index in [2.05, 4.69) is 23.3 Å². The summed E-state index contributed by atoms with van der Waals surface area (Å²) in [5, 5.41) is 3.02. The molecule has 1 aromatic carbocycles. The lowest BCUT2D eigenvalue weighted by atomic mass is 10.1. The van der Waals surface area contributed by atoms with Crippen molar-refractivity contribution in [2.24, 2.45) is 0 Å². The van der Waals surface area contributed by atoms with Crippen LogP contribution in [0.4, 0.5) is 0 Å². The van der Waals surface area contributed by atoms with Gasteiger partial charge in [0.25, 0.3) is 0 Å². The standard InChI is InChI=1S/C11H14N2O/c1-7-4-8(2)11-9(5-7)13-10(14-11)6-12-3/h4-5,12H,6H2,1-3H3. The molecule has 74 valence electrons. The van der Waals surface area contributed by atoms with Crippen LogP contribution < -0.4 is 5.32 Å². The summed E-state index contributed by atoms with van der Waals surface area (Å²) in [7, 11) is 1.88. The zero-order valence-corrected chi connectivity index (χ0v) is 8.72. The fourth-order valence-corrected chi connectivity index (χ4v) is 1.65. The summed E-state index contributed by atoms with van der Waals surface area (Å²) in [5.41, 5.74) is 4.22. The summed E-state index contributed by atoms with van der Waals surface area (Å²) in [6.45, 7) is 4.79. The van der Waals surface area contributed by atoms with E-state index in [-0.39, 0.29) is 0 Å². The third kappa shape index (κ3) is 1.51. The highest BCUT2D eigenvalue weighted by Crippen LogP contribution is 2.21. The van der Waals surface area contributed by atoms with Gasteiger partial charge in [0.1, 0.15) is 5.52 Å². The molecule has 0 spiro atoms. The Morgan fingerprint density at radius 2 is 2.14 bits per heavy atom. The second kappa shape index (κ2) is 3.42. The zero-order chi connectivity index (χ0) is 10.1. The molecule has 0 aliphatic carbocycles. The van der Waals surface area contributed by atoms with Crippen molar-refractivity contribution in [3.63, 3.8) is 0 Å². The number of aryl methyl sites for hydroxylation is 2. The highest BCUT2D eigenvalue weighted by atomic mass is 16.3. The molecule has 0 bridgehead atoms. The number of hydrogen-bond donors (Lipinski definition) is 1. The first kappa shape index (κ1) is 9.21. The quantitative estimate of drug-likeness (QED) is 0.788. The highest BCUT2D eigenvalue weighted by molar-refractivity contribution is 5.77. The van der Waals surface area contributed by atoms with E-state index < -0.39 is 0 Å². The van der Waals surface area contributed by atoms with Gasteiger partial charge >= 0.3 is 0 Å². The molecule has 0 amide bonds. The number of aromatic nitrogens is 1. The number of nitrogens with zero attached hydrogens (tertiary/aromatic N) is 1. The fourth-order valence-electron chi connectivity index (χ4n) is 1.65. The van der Waals surface area contributed by atoms with Gasteiger partial charge in [-0.25, -0.2) is 4.98 Å². The molecular formula is C11H14N2O. The van der Waals surface area contributed by atoms with Crippen molar-refractivity contribution in [2.45, 2.75) is 20.4 Å². The van der Waals surface area contributed by atoms with Crippen LogP contribution in [0.5, 0.6) is 0 Å². The molecule has 0 aliphatic heterocycles. The minimum atomic E-state index is 0.674. The minimum Gasteiger partial charge on any atom is -0.439 e. The van der Waals surface area contributed by atoms with Crippen LogP contribution in [0.25, 0.3) is 11.1 Å². The van der Waals surface area contributed by atoms with Gasteiger partial charge in [-0.1, -0.05) is 6.07 Å². The topological polar surface area (TPSA) is 38.1 Å². The maximum absolute atomic E-state index is 5.62. The number of nitrogens with one attached hydrogen (secondary N) is 1. The van der Waals surface area contributed by atoms with Gasteiger partial charge in [0, 0.05) is 0 Å². The molecule has 3 heteroatoms. The Hall–Kier alpha value is -1.35. The average Bonchev–Trinajstić information content (AvgIpc) is 2.48. The van der Waals surface area contributed by atoms with Crippen molar-refractivity contribution in [3.8, 4) is 0 Å². The molecule has 0 unspecified atom stereocenters. The molecule has 0 aliphatic rings. The lowest BCUT2D eigenvalue weighted by Crippen LogP contribution is -2.04. The van der Waals surface area contributed by atoms with Crippen molar-refractivity contribution in [1.29, 1.82) is 0 Å². The van der Waals surface area contributed by atoms with Crippen LogP contribution in [0.1, 0.15) is 17.0 Å². The monoisotopic (exact) mass is 190 g/mol. The summed E-state index contributed by atoms with van der Waals surface area (Å²) < 4.78 is 5.62. The molecule has 2 aromatic rings. The predicted molar refractivity (Wildman–Crippen MR) is 56.2 cm³/mol. The second-order valence-electron chi connectivity index (χ2n) is 3.57. The van der Waals surface area contributed by atoms with Gasteiger partial charge in [-0.2, -0.15) is 0 Å². The number of benzene rings is 1. The highest BCUT2D eigenvalue weighted by Gasteiger charge is 2.07. The van der Waals surface area contributed by atoms with Crippen LogP contribution in [-0.4, -0.2) is 12.0 Å². The van der Waals surface area contributed by atoms with Crippen molar-refractivity contribution in [1.82, 2.24) is 10.3 Å². The lowest BCUT2D eigenvalue weighted by Gasteiger charge is -1.95. The Morgan fingerprint density at radius 1 is 1.36 bits per heavy atom. The Balaban J connectivity index is 2.58. The van der Waals surface area contributed by atoms with Gasteiger partial charge in [0.2, 0.25) is 5.89 Å². The van der Waals surface area contributed by atoms with Crippen molar-refractivity contribution in [3.05, 3.63) is 29.2 Å². The second-order valence-corrected chi connectivity index (χ2v) is 3.57. The molecule has 1 N–H and O–H groups in total. The van der Waals surface area contributed by atoms with Gasteiger partial charge < -0.3 is 9.73 Å². The Labute approximate surface area is 83.1 Å².